The molecule has 2 heteroatoms. The van der Waals surface area contributed by atoms with Crippen LogP contribution in [0.5, 0.6) is 0 Å². The fraction of sp³-hybridized carbons (Fsp3) is 1.00. The summed E-state index contributed by atoms with van der Waals surface area (Å²) in [6.45, 7) is 4.66. The first kappa shape index (κ1) is 13.9. The number of hydrogen-bond donors (Lipinski definition) is 0. The molecule has 0 bridgehead atoms. The first-order valence-electron chi connectivity index (χ1n) is 5.93. The average Bonchev–Trinajstić information content (AvgIpc) is 2.16. The molecule has 0 aromatic heterocycles. The SMILES string of the molecule is CCCCCCCCCCP[PH2+]C. The number of hydrogen-bond acceptors (Lipinski definition) is 0. The number of rotatable bonds is 10. The number of unbranched alkanes of at least 4 members (excludes halogenated alkanes) is 7. The van der Waals surface area contributed by atoms with Gasteiger partial charge in [0, 0.05) is 14.9 Å². The van der Waals surface area contributed by atoms with Crippen LogP contribution < -0.4 is 0 Å². The van der Waals surface area contributed by atoms with Crippen molar-refractivity contribution in [3.8, 4) is 0 Å². The summed E-state index contributed by atoms with van der Waals surface area (Å²) in [7, 11) is 2.10. The predicted octanol–water partition coefficient (Wildman–Crippen LogP) is 4.76. The molecule has 0 aliphatic heterocycles. The van der Waals surface area contributed by atoms with E-state index in [1.165, 1.54) is 65.8 Å². The maximum Gasteiger partial charge on any atom is 0.0464 e. The Morgan fingerprint density at radius 2 is 1.38 bits per heavy atom. The molecule has 0 spiro atoms. The second-order valence-corrected chi connectivity index (χ2v) is 8.16. The van der Waals surface area contributed by atoms with E-state index in [1.54, 1.807) is 0 Å². The molecule has 0 aromatic carbocycles. The van der Waals surface area contributed by atoms with Crippen molar-refractivity contribution in [2.75, 3.05) is 12.8 Å². The van der Waals surface area contributed by atoms with E-state index in [4.69, 9.17) is 0 Å². The second-order valence-electron chi connectivity index (χ2n) is 3.72. The summed E-state index contributed by atoms with van der Waals surface area (Å²) in [5.74, 6) is 0. The summed E-state index contributed by atoms with van der Waals surface area (Å²) in [5, 5.41) is 0. The van der Waals surface area contributed by atoms with Gasteiger partial charge in [0.05, 0.1) is 0 Å². The van der Waals surface area contributed by atoms with Gasteiger partial charge in [0.2, 0.25) is 0 Å². The first-order valence-corrected chi connectivity index (χ1v) is 10.1. The van der Waals surface area contributed by atoms with Gasteiger partial charge in [0.1, 0.15) is 0 Å². The zero-order valence-electron chi connectivity index (χ0n) is 9.44. The van der Waals surface area contributed by atoms with E-state index >= 15 is 0 Å². The molecule has 0 radical (unpaired) electrons. The molecular weight excluding hydrogens is 194 g/mol. The van der Waals surface area contributed by atoms with Crippen LogP contribution in [0.25, 0.3) is 0 Å². The van der Waals surface area contributed by atoms with E-state index in [9.17, 15) is 0 Å². The molecule has 2 atom stereocenters. The Labute approximate surface area is 88.1 Å². The van der Waals surface area contributed by atoms with Crippen molar-refractivity contribution in [1.82, 2.24) is 0 Å². The largest absolute Gasteiger partial charge is 0.0654 e. The highest BCUT2D eigenvalue weighted by molar-refractivity contribution is 8.11. The van der Waals surface area contributed by atoms with E-state index in [-0.39, 0.29) is 0 Å². The Morgan fingerprint density at radius 3 is 1.92 bits per heavy atom. The van der Waals surface area contributed by atoms with Gasteiger partial charge in [-0.05, 0) is 20.9 Å². The quantitative estimate of drug-likeness (QED) is 0.368. The van der Waals surface area contributed by atoms with Gasteiger partial charge in [-0.3, -0.25) is 0 Å². The summed E-state index contributed by atoms with van der Waals surface area (Å²) in [6, 6.07) is 0. The van der Waals surface area contributed by atoms with Crippen molar-refractivity contribution in [2.24, 2.45) is 0 Å². The molecule has 0 heterocycles. The van der Waals surface area contributed by atoms with Gasteiger partial charge in [-0.15, -0.1) is 0 Å². The molecule has 0 aromatic rings. The summed E-state index contributed by atoms with van der Waals surface area (Å²) >= 11 is 0. The van der Waals surface area contributed by atoms with Crippen molar-refractivity contribution in [3.05, 3.63) is 0 Å². The Kier molecular flexibility index (Phi) is 13.7. The van der Waals surface area contributed by atoms with E-state index in [0.717, 1.165) is 8.27 Å². The monoisotopic (exact) mass is 221 g/mol. The summed E-state index contributed by atoms with van der Waals surface area (Å²) in [6.07, 6.45) is 13.3. The highest BCUT2D eigenvalue weighted by Crippen LogP contribution is 2.33. The summed E-state index contributed by atoms with van der Waals surface area (Å²) in [4.78, 5) is 0. The zero-order chi connectivity index (χ0) is 9.78. The van der Waals surface area contributed by atoms with Crippen LogP contribution in [0.15, 0.2) is 0 Å². The van der Waals surface area contributed by atoms with Gasteiger partial charge in [-0.25, -0.2) is 0 Å². The Hall–Kier alpha value is 0.860. The maximum absolute atomic E-state index is 2.38. The van der Waals surface area contributed by atoms with Crippen LogP contribution in [0.1, 0.15) is 58.3 Å². The molecule has 0 nitrogen and oxygen atoms in total. The molecule has 0 aliphatic rings. The second kappa shape index (κ2) is 12.9. The van der Waals surface area contributed by atoms with E-state index in [0.29, 0.717) is 0 Å². The van der Waals surface area contributed by atoms with Gasteiger partial charge in [0.15, 0.2) is 0 Å². The minimum Gasteiger partial charge on any atom is -0.0654 e. The van der Waals surface area contributed by atoms with Gasteiger partial charge < -0.3 is 0 Å². The van der Waals surface area contributed by atoms with Crippen LogP contribution >= 0.6 is 16.5 Å². The third-order valence-corrected chi connectivity index (χ3v) is 5.52. The molecule has 13 heavy (non-hydrogen) atoms. The smallest absolute Gasteiger partial charge is 0.0464 e. The van der Waals surface area contributed by atoms with Gasteiger partial charge in [-0.1, -0.05) is 51.9 Å². The first-order chi connectivity index (χ1) is 6.41. The zero-order valence-corrected chi connectivity index (χ0v) is 11.6. The molecule has 0 saturated heterocycles. The molecule has 0 amide bonds. The molecule has 80 valence electrons. The normalized spacial score (nSPS) is 12.5. The lowest BCUT2D eigenvalue weighted by Crippen LogP contribution is -1.81. The van der Waals surface area contributed by atoms with Crippen LogP contribution in [0, 0.1) is 0 Å². The molecule has 0 aliphatic carbocycles. The average molecular weight is 221 g/mol. The van der Waals surface area contributed by atoms with Crippen LogP contribution in [0.4, 0.5) is 0 Å². The Morgan fingerprint density at radius 1 is 0.846 bits per heavy atom. The Balaban J connectivity index is 2.76. The minimum atomic E-state index is 0.794. The standard InChI is InChI=1S/C11H26P2/c1-3-4-5-6-7-8-9-10-11-13-12-2/h12-13H,3-11H2,1-2H3/p+1. The lowest BCUT2D eigenvalue weighted by atomic mass is 10.1. The van der Waals surface area contributed by atoms with Gasteiger partial charge >= 0.3 is 0 Å². The fourth-order valence-electron chi connectivity index (χ4n) is 1.51. The molecule has 0 saturated carbocycles. The van der Waals surface area contributed by atoms with Crippen molar-refractivity contribution >= 4 is 16.5 Å². The van der Waals surface area contributed by atoms with E-state index in [2.05, 4.69) is 13.6 Å². The highest BCUT2D eigenvalue weighted by Gasteiger charge is 1.92. The predicted molar refractivity (Wildman–Crippen MR) is 71.4 cm³/mol. The lowest BCUT2D eigenvalue weighted by Gasteiger charge is -1.99. The van der Waals surface area contributed by atoms with Gasteiger partial charge in [-0.2, -0.15) is 0 Å². The van der Waals surface area contributed by atoms with Crippen LogP contribution in [-0.2, 0) is 0 Å². The fourth-order valence-corrected chi connectivity index (χ4v) is 3.73. The van der Waals surface area contributed by atoms with Crippen molar-refractivity contribution in [2.45, 2.75) is 58.3 Å². The summed E-state index contributed by atoms with van der Waals surface area (Å²) in [5.41, 5.74) is 0. The molecule has 0 fully saturated rings. The van der Waals surface area contributed by atoms with E-state index in [1.807, 2.05) is 0 Å². The van der Waals surface area contributed by atoms with Crippen molar-refractivity contribution in [1.29, 1.82) is 0 Å². The van der Waals surface area contributed by atoms with Crippen LogP contribution in [0.2, 0.25) is 0 Å². The topological polar surface area (TPSA) is 0 Å². The third kappa shape index (κ3) is 12.9. The highest BCUT2D eigenvalue weighted by atomic mass is 32.0. The van der Waals surface area contributed by atoms with Gasteiger partial charge in [0.25, 0.3) is 0 Å². The third-order valence-electron chi connectivity index (χ3n) is 2.38. The van der Waals surface area contributed by atoms with Crippen molar-refractivity contribution < 1.29 is 0 Å². The summed E-state index contributed by atoms with van der Waals surface area (Å²) < 4.78 is 0. The minimum absolute atomic E-state index is 0.794. The van der Waals surface area contributed by atoms with E-state index < -0.39 is 0 Å². The molecule has 0 rings (SSSR count). The van der Waals surface area contributed by atoms with Crippen LogP contribution in [-0.4, -0.2) is 12.8 Å². The molecular formula is C11H27P2+. The van der Waals surface area contributed by atoms with Crippen molar-refractivity contribution in [3.63, 3.8) is 0 Å². The lowest BCUT2D eigenvalue weighted by molar-refractivity contribution is 0.586. The molecule has 2 unspecified atom stereocenters. The Bertz CT molecular complexity index is 74.2. The van der Waals surface area contributed by atoms with Crippen LogP contribution in [0.3, 0.4) is 0 Å². The maximum atomic E-state index is 2.38. The molecule has 0 N–H and O–H groups in total.